The molecule has 2 N–H and O–H groups in total. The van der Waals surface area contributed by atoms with Crippen molar-refractivity contribution in [3.63, 3.8) is 0 Å². The number of ether oxygens (including phenoxy) is 1. The van der Waals surface area contributed by atoms with E-state index in [4.69, 9.17) is 4.74 Å². The van der Waals surface area contributed by atoms with Crippen LogP contribution in [0.25, 0.3) is 0 Å². The minimum Gasteiger partial charge on any atom is -0.491 e. The van der Waals surface area contributed by atoms with Gasteiger partial charge < -0.3 is 9.72 Å². The lowest BCUT2D eigenvalue weighted by Crippen LogP contribution is -2.29. The van der Waals surface area contributed by atoms with Crippen LogP contribution in [-0.4, -0.2) is 20.0 Å². The maximum Gasteiger partial charge on any atom is 0.305 e. The summed E-state index contributed by atoms with van der Waals surface area (Å²) >= 11 is 0.684. The molecule has 0 aliphatic carbocycles. The molecule has 1 atom stereocenters. The molecule has 2 heterocycles. The second-order valence-electron chi connectivity index (χ2n) is 4.45. The minimum absolute atomic E-state index is 0.0203. The molecule has 0 amide bonds. The average molecular weight is 312 g/mol. The molecular weight excluding hydrogens is 300 g/mol. The van der Waals surface area contributed by atoms with Crippen LogP contribution in [0.1, 0.15) is 17.3 Å². The third-order valence-corrected chi connectivity index (χ3v) is 6.10. The van der Waals surface area contributed by atoms with Gasteiger partial charge in [-0.05, 0) is 13.0 Å². The molecule has 0 saturated carbocycles. The van der Waals surface area contributed by atoms with Crippen molar-refractivity contribution in [1.82, 2.24) is 9.71 Å². The van der Waals surface area contributed by atoms with Crippen LogP contribution in [0.2, 0.25) is 0 Å². The van der Waals surface area contributed by atoms with Crippen molar-refractivity contribution in [2.24, 2.45) is 0 Å². The summed E-state index contributed by atoms with van der Waals surface area (Å²) in [5.74, 6) is 0.680. The van der Waals surface area contributed by atoms with E-state index in [1.54, 1.807) is 13.0 Å². The first kappa shape index (κ1) is 13.3. The number of thiazole rings is 1. The summed E-state index contributed by atoms with van der Waals surface area (Å²) in [4.78, 5) is 13.3. The van der Waals surface area contributed by atoms with Gasteiger partial charge in [0.2, 0.25) is 0 Å². The number of benzene rings is 1. The van der Waals surface area contributed by atoms with Crippen molar-refractivity contribution in [3.05, 3.63) is 45.2 Å². The van der Waals surface area contributed by atoms with Gasteiger partial charge in [-0.2, -0.15) is 4.72 Å². The predicted molar refractivity (Wildman–Crippen MR) is 74.7 cm³/mol. The number of hydrogen-bond acceptors (Lipinski definition) is 5. The lowest BCUT2D eigenvalue weighted by Gasteiger charge is -2.11. The largest absolute Gasteiger partial charge is 0.491 e. The molecular formula is C12H12N2O4S2. The molecule has 0 spiro atoms. The van der Waals surface area contributed by atoms with Gasteiger partial charge in [-0.1, -0.05) is 29.5 Å². The van der Waals surface area contributed by atoms with Crippen LogP contribution in [0.15, 0.2) is 33.3 Å². The highest BCUT2D eigenvalue weighted by molar-refractivity contribution is 7.91. The lowest BCUT2D eigenvalue weighted by molar-refractivity contribution is 0.325. The Morgan fingerprint density at radius 1 is 1.40 bits per heavy atom. The van der Waals surface area contributed by atoms with Crippen LogP contribution < -0.4 is 14.3 Å². The Balaban J connectivity index is 1.92. The van der Waals surface area contributed by atoms with Crippen molar-refractivity contribution in [3.8, 4) is 5.75 Å². The lowest BCUT2D eigenvalue weighted by atomic mass is 10.1. The highest BCUT2D eigenvalue weighted by Gasteiger charge is 2.30. The molecule has 6 nitrogen and oxygen atoms in total. The maximum atomic E-state index is 12.3. The fourth-order valence-corrected chi connectivity index (χ4v) is 4.67. The number of aromatic amines is 1. The van der Waals surface area contributed by atoms with E-state index < -0.39 is 16.1 Å². The Morgan fingerprint density at radius 2 is 2.15 bits per heavy atom. The Bertz CT molecular complexity index is 807. The van der Waals surface area contributed by atoms with E-state index in [0.29, 0.717) is 22.8 Å². The van der Waals surface area contributed by atoms with Gasteiger partial charge in [0, 0.05) is 11.3 Å². The third kappa shape index (κ3) is 2.26. The van der Waals surface area contributed by atoms with Crippen LogP contribution in [-0.2, 0) is 10.0 Å². The summed E-state index contributed by atoms with van der Waals surface area (Å²) in [6.07, 6.45) is 0. The molecule has 106 valence electrons. The summed E-state index contributed by atoms with van der Waals surface area (Å²) < 4.78 is 32.7. The van der Waals surface area contributed by atoms with Crippen molar-refractivity contribution in [2.45, 2.75) is 17.2 Å². The van der Waals surface area contributed by atoms with E-state index in [9.17, 15) is 13.2 Å². The molecule has 20 heavy (non-hydrogen) atoms. The predicted octanol–water partition coefficient (Wildman–Crippen LogP) is 1.16. The van der Waals surface area contributed by atoms with Gasteiger partial charge in [-0.3, -0.25) is 4.79 Å². The molecule has 0 fully saturated rings. The van der Waals surface area contributed by atoms with E-state index in [0.717, 1.165) is 5.56 Å². The van der Waals surface area contributed by atoms with Gasteiger partial charge in [0.1, 0.15) is 12.4 Å². The number of nitrogens with one attached hydrogen (secondary N) is 2. The second-order valence-corrected chi connectivity index (χ2v) is 7.34. The highest BCUT2D eigenvalue weighted by Crippen LogP contribution is 2.33. The zero-order chi connectivity index (χ0) is 14.3. The number of aryl methyl sites for hydroxylation is 1. The van der Waals surface area contributed by atoms with Gasteiger partial charge in [0.25, 0.3) is 10.0 Å². The zero-order valence-electron chi connectivity index (χ0n) is 10.5. The summed E-state index contributed by atoms with van der Waals surface area (Å²) in [6.45, 7) is 1.81. The molecule has 1 aromatic carbocycles. The van der Waals surface area contributed by atoms with Crippen molar-refractivity contribution < 1.29 is 13.2 Å². The van der Waals surface area contributed by atoms with Crippen molar-refractivity contribution in [1.29, 1.82) is 0 Å². The van der Waals surface area contributed by atoms with Gasteiger partial charge in [0.15, 0.2) is 4.21 Å². The summed E-state index contributed by atoms with van der Waals surface area (Å²) in [5.41, 5.74) is 1.15. The number of H-pyrrole nitrogens is 1. The molecule has 2 aromatic rings. The van der Waals surface area contributed by atoms with Crippen molar-refractivity contribution >= 4 is 21.4 Å². The van der Waals surface area contributed by atoms with Crippen LogP contribution in [0, 0.1) is 6.92 Å². The number of sulfonamides is 1. The van der Waals surface area contributed by atoms with E-state index in [-0.39, 0.29) is 15.7 Å². The minimum atomic E-state index is -3.74. The summed E-state index contributed by atoms with van der Waals surface area (Å²) in [6, 6.07) is 6.84. The molecule has 1 unspecified atom stereocenters. The molecule has 1 aromatic heterocycles. The Hall–Kier alpha value is -1.64. The molecule has 8 heteroatoms. The van der Waals surface area contributed by atoms with E-state index in [1.807, 2.05) is 18.2 Å². The van der Waals surface area contributed by atoms with Crippen LogP contribution >= 0.6 is 11.3 Å². The molecule has 1 aliphatic rings. The molecule has 0 radical (unpaired) electrons. The number of aromatic nitrogens is 1. The molecule has 0 saturated heterocycles. The Kier molecular flexibility index (Phi) is 3.15. The fraction of sp³-hybridized carbons (Fsp3) is 0.250. The monoisotopic (exact) mass is 312 g/mol. The smallest absolute Gasteiger partial charge is 0.305 e. The average Bonchev–Trinajstić information content (AvgIpc) is 2.94. The van der Waals surface area contributed by atoms with Gasteiger partial charge in [-0.15, -0.1) is 0 Å². The normalized spacial score (nSPS) is 17.8. The number of hydrogen-bond donors (Lipinski definition) is 2. The zero-order valence-corrected chi connectivity index (χ0v) is 12.2. The number of fused-ring (bicyclic) bond motifs is 1. The first-order chi connectivity index (χ1) is 9.47. The van der Waals surface area contributed by atoms with Crippen molar-refractivity contribution in [2.75, 3.05) is 6.61 Å². The van der Waals surface area contributed by atoms with Crippen LogP contribution in [0.5, 0.6) is 5.75 Å². The first-order valence-electron chi connectivity index (χ1n) is 5.91. The standard InChI is InChI=1S/C12H12N2O4S2/c1-7-11(19-12(15)13-7)20(16,17)14-9-6-18-10-5-3-2-4-8(9)10/h2-5,9,14H,6H2,1H3,(H,13,15). The second kappa shape index (κ2) is 4.72. The molecule has 0 bridgehead atoms. The quantitative estimate of drug-likeness (QED) is 0.890. The summed E-state index contributed by atoms with van der Waals surface area (Å²) in [5, 5.41) is 0. The topological polar surface area (TPSA) is 88.3 Å². The van der Waals surface area contributed by atoms with Crippen LogP contribution in [0.3, 0.4) is 0 Å². The fourth-order valence-electron chi connectivity index (χ4n) is 2.15. The SMILES string of the molecule is Cc1[nH]c(=O)sc1S(=O)(=O)NC1COc2ccccc21. The Morgan fingerprint density at radius 3 is 2.85 bits per heavy atom. The first-order valence-corrected chi connectivity index (χ1v) is 8.21. The highest BCUT2D eigenvalue weighted by atomic mass is 32.2. The number of para-hydroxylation sites is 1. The summed E-state index contributed by atoms with van der Waals surface area (Å²) in [7, 11) is -3.74. The third-order valence-electron chi connectivity index (χ3n) is 3.02. The van der Waals surface area contributed by atoms with Gasteiger partial charge >= 0.3 is 4.87 Å². The Labute approximate surface area is 119 Å². The van der Waals surface area contributed by atoms with Crippen LogP contribution in [0.4, 0.5) is 0 Å². The number of rotatable bonds is 3. The van der Waals surface area contributed by atoms with E-state index >= 15 is 0 Å². The maximum absolute atomic E-state index is 12.3. The van der Waals surface area contributed by atoms with E-state index in [2.05, 4.69) is 9.71 Å². The van der Waals surface area contributed by atoms with Gasteiger partial charge in [-0.25, -0.2) is 8.42 Å². The van der Waals surface area contributed by atoms with Gasteiger partial charge in [0.05, 0.1) is 6.04 Å². The van der Waals surface area contributed by atoms with E-state index in [1.165, 1.54) is 0 Å². The molecule has 1 aliphatic heterocycles. The molecule has 3 rings (SSSR count).